The van der Waals surface area contributed by atoms with Crippen molar-refractivity contribution in [3.63, 3.8) is 0 Å². The minimum atomic E-state index is -3.32. The average Bonchev–Trinajstić information content (AvgIpc) is 2.34. The number of piperidine rings is 1. The monoisotopic (exact) mass is 276 g/mol. The maximum Gasteiger partial charge on any atom is 0.237 e. The zero-order valence-corrected chi connectivity index (χ0v) is 12.4. The van der Waals surface area contributed by atoms with E-state index in [9.17, 15) is 13.2 Å². The van der Waals surface area contributed by atoms with Crippen LogP contribution < -0.4 is 0 Å². The van der Waals surface area contributed by atoms with Crippen LogP contribution in [-0.4, -0.2) is 55.5 Å². The van der Waals surface area contributed by atoms with Crippen LogP contribution in [0.25, 0.3) is 0 Å². The minimum Gasteiger partial charge on any atom is -0.342 e. The van der Waals surface area contributed by atoms with Gasteiger partial charge in [-0.3, -0.25) is 4.79 Å². The summed E-state index contributed by atoms with van der Waals surface area (Å²) in [6, 6.07) is -0.131. The SMILES string of the molecule is CCC(C)N(CC(=O)N1CCCCC1)S(C)(=O)=O. The second-order valence-electron chi connectivity index (χ2n) is 5.01. The zero-order valence-electron chi connectivity index (χ0n) is 11.6. The minimum absolute atomic E-state index is 0.0200. The Morgan fingerprint density at radius 2 is 1.83 bits per heavy atom. The molecular weight excluding hydrogens is 252 g/mol. The summed E-state index contributed by atoms with van der Waals surface area (Å²) in [4.78, 5) is 13.9. The van der Waals surface area contributed by atoms with E-state index in [-0.39, 0.29) is 18.5 Å². The van der Waals surface area contributed by atoms with Gasteiger partial charge in [0, 0.05) is 19.1 Å². The first kappa shape index (κ1) is 15.4. The topological polar surface area (TPSA) is 57.7 Å². The van der Waals surface area contributed by atoms with E-state index in [0.29, 0.717) is 6.42 Å². The second-order valence-corrected chi connectivity index (χ2v) is 6.94. The van der Waals surface area contributed by atoms with Gasteiger partial charge in [-0.05, 0) is 32.6 Å². The summed E-state index contributed by atoms with van der Waals surface area (Å²) in [5.74, 6) is -0.0691. The van der Waals surface area contributed by atoms with E-state index in [2.05, 4.69) is 0 Å². The number of sulfonamides is 1. The van der Waals surface area contributed by atoms with Crippen molar-refractivity contribution in [3.8, 4) is 0 Å². The Hall–Kier alpha value is -0.620. The first-order valence-electron chi connectivity index (χ1n) is 6.61. The van der Waals surface area contributed by atoms with E-state index in [1.807, 2.05) is 13.8 Å². The Balaban J connectivity index is 2.68. The smallest absolute Gasteiger partial charge is 0.237 e. The third-order valence-corrected chi connectivity index (χ3v) is 4.85. The number of likely N-dealkylation sites (tertiary alicyclic amines) is 1. The van der Waals surface area contributed by atoms with Gasteiger partial charge in [0.25, 0.3) is 0 Å². The molecule has 0 aromatic rings. The maximum absolute atomic E-state index is 12.1. The molecule has 1 rings (SSSR count). The highest BCUT2D eigenvalue weighted by Gasteiger charge is 2.27. The molecule has 1 aliphatic rings. The molecule has 0 aromatic carbocycles. The Labute approximate surface area is 110 Å². The summed E-state index contributed by atoms with van der Waals surface area (Å²) >= 11 is 0. The van der Waals surface area contributed by atoms with Crippen molar-refractivity contribution in [3.05, 3.63) is 0 Å². The van der Waals surface area contributed by atoms with Crippen molar-refractivity contribution in [2.45, 2.75) is 45.6 Å². The highest BCUT2D eigenvalue weighted by Crippen LogP contribution is 2.13. The van der Waals surface area contributed by atoms with Gasteiger partial charge in [0.2, 0.25) is 15.9 Å². The molecule has 1 fully saturated rings. The fourth-order valence-corrected chi connectivity index (χ4v) is 3.33. The molecule has 6 heteroatoms. The van der Waals surface area contributed by atoms with Crippen LogP contribution in [0.2, 0.25) is 0 Å². The largest absolute Gasteiger partial charge is 0.342 e. The molecule has 0 spiro atoms. The molecule has 0 bridgehead atoms. The molecule has 5 nitrogen and oxygen atoms in total. The Kier molecular flexibility index (Phi) is 5.59. The lowest BCUT2D eigenvalue weighted by Crippen LogP contribution is -2.47. The van der Waals surface area contributed by atoms with Crippen molar-refractivity contribution in [1.29, 1.82) is 0 Å². The van der Waals surface area contributed by atoms with Gasteiger partial charge in [-0.25, -0.2) is 8.42 Å². The van der Waals surface area contributed by atoms with E-state index < -0.39 is 10.0 Å². The van der Waals surface area contributed by atoms with E-state index in [1.54, 1.807) is 4.90 Å². The van der Waals surface area contributed by atoms with Gasteiger partial charge >= 0.3 is 0 Å². The highest BCUT2D eigenvalue weighted by molar-refractivity contribution is 7.88. The van der Waals surface area contributed by atoms with Crippen LogP contribution in [0.15, 0.2) is 0 Å². The number of carbonyl (C=O) groups is 1. The predicted octanol–water partition coefficient (Wildman–Crippen LogP) is 1.06. The molecule has 1 saturated heterocycles. The molecule has 18 heavy (non-hydrogen) atoms. The van der Waals surface area contributed by atoms with E-state index in [0.717, 1.165) is 32.4 Å². The van der Waals surface area contributed by atoms with Crippen LogP contribution in [0.3, 0.4) is 0 Å². The molecule has 1 amide bonds. The van der Waals surface area contributed by atoms with Crippen molar-refractivity contribution in [2.24, 2.45) is 0 Å². The lowest BCUT2D eigenvalue weighted by Gasteiger charge is -2.31. The Bertz CT molecular complexity index is 375. The van der Waals surface area contributed by atoms with Crippen molar-refractivity contribution in [1.82, 2.24) is 9.21 Å². The van der Waals surface area contributed by atoms with Gasteiger partial charge < -0.3 is 4.90 Å². The van der Waals surface area contributed by atoms with Crippen molar-refractivity contribution in [2.75, 3.05) is 25.9 Å². The van der Waals surface area contributed by atoms with Crippen LogP contribution in [-0.2, 0) is 14.8 Å². The molecular formula is C12H24N2O3S. The summed E-state index contributed by atoms with van der Waals surface area (Å²) < 4.78 is 24.7. The maximum atomic E-state index is 12.1. The Morgan fingerprint density at radius 1 is 1.28 bits per heavy atom. The molecule has 1 unspecified atom stereocenters. The molecule has 1 aliphatic heterocycles. The third-order valence-electron chi connectivity index (χ3n) is 3.51. The molecule has 1 atom stereocenters. The molecule has 1 heterocycles. The lowest BCUT2D eigenvalue weighted by molar-refractivity contribution is -0.132. The van der Waals surface area contributed by atoms with E-state index in [1.165, 1.54) is 10.6 Å². The molecule has 0 radical (unpaired) electrons. The summed E-state index contributed by atoms with van der Waals surface area (Å²) in [7, 11) is -3.32. The van der Waals surface area contributed by atoms with Gasteiger partial charge in [-0.1, -0.05) is 6.92 Å². The molecule has 106 valence electrons. The first-order valence-corrected chi connectivity index (χ1v) is 8.45. The van der Waals surface area contributed by atoms with E-state index >= 15 is 0 Å². The first-order chi connectivity index (χ1) is 8.36. The summed E-state index contributed by atoms with van der Waals surface area (Å²) in [6.45, 7) is 5.26. The number of hydrogen-bond donors (Lipinski definition) is 0. The summed E-state index contributed by atoms with van der Waals surface area (Å²) in [6.07, 6.45) is 5.08. The lowest BCUT2D eigenvalue weighted by atomic mass is 10.1. The zero-order chi connectivity index (χ0) is 13.8. The van der Waals surface area contributed by atoms with Gasteiger partial charge in [0.15, 0.2) is 0 Å². The standard InChI is InChI=1S/C12H24N2O3S/c1-4-11(2)14(18(3,16)17)10-12(15)13-8-6-5-7-9-13/h11H,4-10H2,1-3H3. The molecule has 0 aliphatic carbocycles. The van der Waals surface area contributed by atoms with Gasteiger partial charge in [-0.15, -0.1) is 0 Å². The van der Waals surface area contributed by atoms with Gasteiger partial charge in [-0.2, -0.15) is 4.31 Å². The number of amides is 1. The molecule has 0 aromatic heterocycles. The number of nitrogens with zero attached hydrogens (tertiary/aromatic N) is 2. The fraction of sp³-hybridized carbons (Fsp3) is 0.917. The number of hydrogen-bond acceptors (Lipinski definition) is 3. The Morgan fingerprint density at radius 3 is 2.28 bits per heavy atom. The van der Waals surface area contributed by atoms with Gasteiger partial charge in [0.1, 0.15) is 0 Å². The molecule has 0 N–H and O–H groups in total. The number of carbonyl (C=O) groups excluding carboxylic acids is 1. The van der Waals surface area contributed by atoms with Crippen molar-refractivity contribution < 1.29 is 13.2 Å². The fourth-order valence-electron chi connectivity index (χ4n) is 2.18. The highest BCUT2D eigenvalue weighted by atomic mass is 32.2. The predicted molar refractivity (Wildman–Crippen MR) is 71.7 cm³/mol. The summed E-state index contributed by atoms with van der Waals surface area (Å²) in [5.41, 5.74) is 0. The normalized spacial score (nSPS) is 19.0. The third kappa shape index (κ3) is 4.24. The van der Waals surface area contributed by atoms with Crippen LogP contribution in [0, 0.1) is 0 Å². The van der Waals surface area contributed by atoms with Crippen LogP contribution in [0.4, 0.5) is 0 Å². The average molecular weight is 276 g/mol. The second kappa shape index (κ2) is 6.52. The van der Waals surface area contributed by atoms with Crippen molar-refractivity contribution >= 4 is 15.9 Å². The number of rotatable bonds is 5. The molecule has 0 saturated carbocycles. The summed E-state index contributed by atoms with van der Waals surface area (Å²) in [5, 5.41) is 0. The quantitative estimate of drug-likeness (QED) is 0.754. The van der Waals surface area contributed by atoms with Crippen LogP contribution >= 0.6 is 0 Å². The van der Waals surface area contributed by atoms with Crippen LogP contribution in [0.5, 0.6) is 0 Å². The van der Waals surface area contributed by atoms with Gasteiger partial charge in [0.05, 0.1) is 12.8 Å². The van der Waals surface area contributed by atoms with E-state index in [4.69, 9.17) is 0 Å². The van der Waals surface area contributed by atoms with Crippen LogP contribution in [0.1, 0.15) is 39.5 Å².